The summed E-state index contributed by atoms with van der Waals surface area (Å²) in [5.74, 6) is 0.788. The molecular weight excluding hydrogens is 236 g/mol. The third kappa shape index (κ3) is 4.35. The molecular formula is C16H24N2O. The first-order valence-electron chi connectivity index (χ1n) is 7.15. The molecule has 19 heavy (non-hydrogen) atoms. The molecule has 3 nitrogen and oxygen atoms in total. The summed E-state index contributed by atoms with van der Waals surface area (Å²) in [7, 11) is 1.84. The van der Waals surface area contributed by atoms with E-state index in [-0.39, 0.29) is 5.91 Å². The molecule has 104 valence electrons. The van der Waals surface area contributed by atoms with Crippen LogP contribution in [0.15, 0.2) is 24.3 Å². The van der Waals surface area contributed by atoms with Crippen molar-refractivity contribution in [2.75, 3.05) is 18.5 Å². The van der Waals surface area contributed by atoms with E-state index in [4.69, 9.17) is 0 Å². The minimum absolute atomic E-state index is 0.128. The quantitative estimate of drug-likeness (QED) is 0.852. The Bertz CT molecular complexity index is 421. The lowest BCUT2D eigenvalue weighted by molar-refractivity contribution is -0.117. The Hall–Kier alpha value is -1.35. The van der Waals surface area contributed by atoms with Crippen LogP contribution in [0, 0.1) is 5.92 Å². The SMILES string of the molecule is CC(C)Cc1ccc(N(C)C(=O)CNC2CC2)cc1. The lowest BCUT2D eigenvalue weighted by atomic mass is 10.0. The molecule has 0 atom stereocenters. The molecule has 1 aromatic carbocycles. The predicted octanol–water partition coefficient (Wildman–Crippen LogP) is 2.60. The number of carbonyl (C=O) groups excluding carboxylic acids is 1. The molecule has 0 radical (unpaired) electrons. The molecule has 1 amide bonds. The number of hydrogen-bond acceptors (Lipinski definition) is 2. The summed E-state index contributed by atoms with van der Waals surface area (Å²) < 4.78 is 0. The summed E-state index contributed by atoms with van der Waals surface area (Å²) in [5.41, 5.74) is 2.30. The number of likely N-dealkylation sites (N-methyl/N-ethyl adjacent to an activating group) is 1. The predicted molar refractivity (Wildman–Crippen MR) is 79.4 cm³/mol. The monoisotopic (exact) mass is 260 g/mol. The molecule has 0 aliphatic heterocycles. The van der Waals surface area contributed by atoms with Gasteiger partial charge in [-0.05, 0) is 42.9 Å². The normalized spacial score (nSPS) is 14.7. The van der Waals surface area contributed by atoms with Gasteiger partial charge in [0.15, 0.2) is 0 Å². The van der Waals surface area contributed by atoms with Crippen LogP contribution in [0.5, 0.6) is 0 Å². The molecule has 0 bridgehead atoms. The maximum absolute atomic E-state index is 12.0. The Morgan fingerprint density at radius 1 is 1.32 bits per heavy atom. The molecule has 0 saturated heterocycles. The number of nitrogens with zero attached hydrogens (tertiary/aromatic N) is 1. The molecule has 3 heteroatoms. The van der Waals surface area contributed by atoms with Crippen LogP contribution >= 0.6 is 0 Å². The summed E-state index contributed by atoms with van der Waals surface area (Å²) in [5, 5.41) is 3.25. The van der Waals surface area contributed by atoms with Gasteiger partial charge in [0.05, 0.1) is 6.54 Å². The van der Waals surface area contributed by atoms with Gasteiger partial charge in [-0.3, -0.25) is 4.79 Å². The van der Waals surface area contributed by atoms with Crippen LogP contribution in [0.25, 0.3) is 0 Å². The third-order valence-corrected chi connectivity index (χ3v) is 3.46. The van der Waals surface area contributed by atoms with Crippen molar-refractivity contribution in [2.45, 2.75) is 39.2 Å². The van der Waals surface area contributed by atoms with Crippen LogP contribution < -0.4 is 10.2 Å². The van der Waals surface area contributed by atoms with Gasteiger partial charge in [-0.1, -0.05) is 26.0 Å². The third-order valence-electron chi connectivity index (χ3n) is 3.46. The van der Waals surface area contributed by atoms with Crippen LogP contribution in [0.1, 0.15) is 32.3 Å². The fourth-order valence-corrected chi connectivity index (χ4v) is 2.11. The van der Waals surface area contributed by atoms with Crippen LogP contribution in [-0.4, -0.2) is 25.5 Å². The molecule has 0 heterocycles. The van der Waals surface area contributed by atoms with Gasteiger partial charge in [0.1, 0.15) is 0 Å². The van der Waals surface area contributed by atoms with E-state index < -0.39 is 0 Å². The first-order valence-corrected chi connectivity index (χ1v) is 7.15. The molecule has 1 aliphatic rings. The van der Waals surface area contributed by atoms with E-state index in [2.05, 4.69) is 31.3 Å². The lowest BCUT2D eigenvalue weighted by Crippen LogP contribution is -2.36. The van der Waals surface area contributed by atoms with E-state index in [1.54, 1.807) is 4.90 Å². The fraction of sp³-hybridized carbons (Fsp3) is 0.562. The standard InChI is InChI=1S/C16H24N2O/c1-12(2)10-13-4-8-15(9-5-13)18(3)16(19)11-17-14-6-7-14/h4-5,8-9,12,14,17H,6-7,10-11H2,1-3H3. The van der Waals surface area contributed by atoms with E-state index in [1.807, 2.05) is 19.2 Å². The van der Waals surface area contributed by atoms with Gasteiger partial charge in [-0.2, -0.15) is 0 Å². The summed E-state index contributed by atoms with van der Waals surface area (Å²) in [4.78, 5) is 13.7. The van der Waals surface area contributed by atoms with Crippen molar-refractivity contribution in [3.8, 4) is 0 Å². The van der Waals surface area contributed by atoms with Gasteiger partial charge in [-0.25, -0.2) is 0 Å². The molecule has 1 aromatic rings. The van der Waals surface area contributed by atoms with Crippen molar-refractivity contribution in [1.82, 2.24) is 5.32 Å². The van der Waals surface area contributed by atoms with E-state index >= 15 is 0 Å². The van der Waals surface area contributed by atoms with Crippen molar-refractivity contribution in [1.29, 1.82) is 0 Å². The second-order valence-corrected chi connectivity index (χ2v) is 5.87. The number of amides is 1. The summed E-state index contributed by atoms with van der Waals surface area (Å²) >= 11 is 0. The Morgan fingerprint density at radius 3 is 2.47 bits per heavy atom. The zero-order chi connectivity index (χ0) is 13.8. The number of rotatable bonds is 6. The lowest BCUT2D eigenvalue weighted by Gasteiger charge is -2.18. The van der Waals surface area contributed by atoms with Crippen LogP contribution in [0.4, 0.5) is 5.69 Å². The second kappa shape index (κ2) is 6.20. The van der Waals surface area contributed by atoms with E-state index in [1.165, 1.54) is 18.4 Å². The molecule has 0 unspecified atom stereocenters. The first kappa shape index (κ1) is 14.1. The smallest absolute Gasteiger partial charge is 0.240 e. The van der Waals surface area contributed by atoms with Crippen molar-refractivity contribution >= 4 is 11.6 Å². The van der Waals surface area contributed by atoms with E-state index in [0.717, 1.165) is 12.1 Å². The van der Waals surface area contributed by atoms with Gasteiger partial charge in [-0.15, -0.1) is 0 Å². The number of nitrogens with one attached hydrogen (secondary N) is 1. The van der Waals surface area contributed by atoms with E-state index in [0.29, 0.717) is 18.5 Å². The molecule has 1 saturated carbocycles. The summed E-state index contributed by atoms with van der Waals surface area (Å²) in [6, 6.07) is 8.88. The van der Waals surface area contributed by atoms with Crippen LogP contribution in [0.2, 0.25) is 0 Å². The zero-order valence-corrected chi connectivity index (χ0v) is 12.1. The Balaban J connectivity index is 1.90. The fourth-order valence-electron chi connectivity index (χ4n) is 2.11. The maximum atomic E-state index is 12.0. The highest BCUT2D eigenvalue weighted by Gasteiger charge is 2.22. The van der Waals surface area contributed by atoms with Crippen LogP contribution in [-0.2, 0) is 11.2 Å². The minimum atomic E-state index is 0.128. The molecule has 1 N–H and O–H groups in total. The zero-order valence-electron chi connectivity index (χ0n) is 12.1. The molecule has 1 fully saturated rings. The Labute approximate surface area is 116 Å². The first-order chi connectivity index (χ1) is 9.06. The highest BCUT2D eigenvalue weighted by Crippen LogP contribution is 2.19. The Kier molecular flexibility index (Phi) is 4.59. The average Bonchev–Trinajstić information content (AvgIpc) is 3.19. The summed E-state index contributed by atoms with van der Waals surface area (Å²) in [6.45, 7) is 4.87. The van der Waals surface area contributed by atoms with E-state index in [9.17, 15) is 4.79 Å². The van der Waals surface area contributed by atoms with Crippen molar-refractivity contribution in [2.24, 2.45) is 5.92 Å². The molecule has 2 rings (SSSR count). The number of carbonyl (C=O) groups is 1. The number of hydrogen-bond donors (Lipinski definition) is 1. The minimum Gasteiger partial charge on any atom is -0.314 e. The van der Waals surface area contributed by atoms with Gasteiger partial charge in [0, 0.05) is 18.8 Å². The van der Waals surface area contributed by atoms with Crippen LogP contribution in [0.3, 0.4) is 0 Å². The highest BCUT2D eigenvalue weighted by molar-refractivity contribution is 5.94. The van der Waals surface area contributed by atoms with Gasteiger partial charge < -0.3 is 10.2 Å². The van der Waals surface area contributed by atoms with Crippen molar-refractivity contribution in [3.05, 3.63) is 29.8 Å². The maximum Gasteiger partial charge on any atom is 0.240 e. The van der Waals surface area contributed by atoms with Crippen molar-refractivity contribution < 1.29 is 4.79 Å². The second-order valence-electron chi connectivity index (χ2n) is 5.87. The largest absolute Gasteiger partial charge is 0.314 e. The molecule has 0 spiro atoms. The van der Waals surface area contributed by atoms with Gasteiger partial charge in [0.25, 0.3) is 0 Å². The molecule has 0 aromatic heterocycles. The molecule has 1 aliphatic carbocycles. The number of benzene rings is 1. The Morgan fingerprint density at radius 2 is 1.95 bits per heavy atom. The van der Waals surface area contributed by atoms with Gasteiger partial charge in [0.2, 0.25) is 5.91 Å². The highest BCUT2D eigenvalue weighted by atomic mass is 16.2. The van der Waals surface area contributed by atoms with Gasteiger partial charge >= 0.3 is 0 Å². The van der Waals surface area contributed by atoms with Crippen molar-refractivity contribution in [3.63, 3.8) is 0 Å². The topological polar surface area (TPSA) is 32.3 Å². The summed E-state index contributed by atoms with van der Waals surface area (Å²) in [6.07, 6.45) is 3.50. The number of anilines is 1. The average molecular weight is 260 g/mol.